The quantitative estimate of drug-likeness (QED) is 0.691. The van der Waals surface area contributed by atoms with Gasteiger partial charge in [-0.2, -0.15) is 0 Å². The molecular weight excluding hydrogens is 264 g/mol. The van der Waals surface area contributed by atoms with E-state index in [1.165, 1.54) is 0 Å². The van der Waals surface area contributed by atoms with Gasteiger partial charge in [0, 0.05) is 23.3 Å². The van der Waals surface area contributed by atoms with Crippen LogP contribution in [0.3, 0.4) is 0 Å². The van der Waals surface area contributed by atoms with E-state index in [4.69, 9.17) is 5.73 Å². The summed E-state index contributed by atoms with van der Waals surface area (Å²) < 4.78 is 14.9. The standard InChI is InChI=1S/C12H11FN5P/c1-6-2-7-8(5-18(19)12(7)16-3-6)11-15-4-9(13)10(14)17-11/h2-5H,19H2,1H3,(H2,14,15,17). The van der Waals surface area contributed by atoms with E-state index in [0.29, 0.717) is 5.82 Å². The van der Waals surface area contributed by atoms with Gasteiger partial charge in [-0.1, -0.05) is 0 Å². The molecule has 7 heteroatoms. The average molecular weight is 275 g/mol. The maximum Gasteiger partial charge on any atom is 0.183 e. The molecule has 0 spiro atoms. The van der Waals surface area contributed by atoms with Crippen LogP contribution in [0.5, 0.6) is 0 Å². The fraction of sp³-hybridized carbons (Fsp3) is 0.0833. The molecule has 0 aliphatic rings. The molecule has 2 N–H and O–H groups in total. The van der Waals surface area contributed by atoms with Gasteiger partial charge in [0.15, 0.2) is 17.5 Å². The highest BCUT2D eigenvalue weighted by Crippen LogP contribution is 2.29. The molecule has 0 amide bonds. The molecule has 3 aromatic heterocycles. The molecule has 0 aliphatic heterocycles. The molecule has 0 radical (unpaired) electrons. The zero-order chi connectivity index (χ0) is 13.6. The second kappa shape index (κ2) is 4.24. The van der Waals surface area contributed by atoms with Gasteiger partial charge in [0.05, 0.1) is 6.20 Å². The van der Waals surface area contributed by atoms with Gasteiger partial charge in [0.2, 0.25) is 0 Å². The van der Waals surface area contributed by atoms with Gasteiger partial charge in [-0.05, 0) is 27.9 Å². The summed E-state index contributed by atoms with van der Waals surface area (Å²) in [5.41, 5.74) is 8.07. The normalized spacial score (nSPS) is 11.1. The largest absolute Gasteiger partial charge is 0.381 e. The zero-order valence-electron chi connectivity index (χ0n) is 10.1. The topological polar surface area (TPSA) is 69.6 Å². The van der Waals surface area contributed by atoms with Crippen molar-refractivity contribution in [1.82, 2.24) is 19.3 Å². The second-order valence-electron chi connectivity index (χ2n) is 4.26. The van der Waals surface area contributed by atoms with Crippen molar-refractivity contribution in [3.05, 3.63) is 36.0 Å². The summed E-state index contributed by atoms with van der Waals surface area (Å²) in [6.45, 7) is 1.95. The van der Waals surface area contributed by atoms with Crippen LogP contribution in [0.1, 0.15) is 5.56 Å². The van der Waals surface area contributed by atoms with Gasteiger partial charge < -0.3 is 10.1 Å². The average Bonchev–Trinajstić information content (AvgIpc) is 2.70. The van der Waals surface area contributed by atoms with Crippen LogP contribution in [0.25, 0.3) is 22.4 Å². The van der Waals surface area contributed by atoms with E-state index in [-0.39, 0.29) is 5.82 Å². The number of hydrogen-bond acceptors (Lipinski definition) is 4. The lowest BCUT2D eigenvalue weighted by atomic mass is 10.2. The van der Waals surface area contributed by atoms with Crippen molar-refractivity contribution in [3.8, 4) is 11.4 Å². The highest BCUT2D eigenvalue weighted by atomic mass is 31.0. The molecule has 19 heavy (non-hydrogen) atoms. The molecule has 1 atom stereocenters. The highest BCUT2D eigenvalue weighted by Gasteiger charge is 2.13. The first-order valence-corrected chi connectivity index (χ1v) is 6.09. The van der Waals surface area contributed by atoms with Crippen molar-refractivity contribution >= 4 is 26.2 Å². The summed E-state index contributed by atoms with van der Waals surface area (Å²) in [6, 6.07) is 1.99. The maximum atomic E-state index is 13.1. The molecule has 1 unspecified atom stereocenters. The van der Waals surface area contributed by atoms with Crippen molar-refractivity contribution in [2.24, 2.45) is 0 Å². The Morgan fingerprint density at radius 3 is 2.84 bits per heavy atom. The highest BCUT2D eigenvalue weighted by molar-refractivity contribution is 7.14. The molecule has 0 aromatic carbocycles. The van der Waals surface area contributed by atoms with Crippen molar-refractivity contribution < 1.29 is 4.39 Å². The van der Waals surface area contributed by atoms with Crippen LogP contribution in [0, 0.1) is 12.7 Å². The van der Waals surface area contributed by atoms with Crippen molar-refractivity contribution in [2.45, 2.75) is 6.92 Å². The number of pyridine rings is 1. The molecule has 3 rings (SSSR count). The van der Waals surface area contributed by atoms with Gasteiger partial charge >= 0.3 is 0 Å². The Labute approximate surface area is 111 Å². The Kier molecular flexibility index (Phi) is 2.68. The fourth-order valence-electron chi connectivity index (χ4n) is 1.92. The van der Waals surface area contributed by atoms with E-state index in [2.05, 4.69) is 24.3 Å². The second-order valence-corrected chi connectivity index (χ2v) is 4.82. The number of fused-ring (bicyclic) bond motifs is 1. The number of halogens is 1. The third-order valence-corrected chi connectivity index (χ3v) is 3.21. The number of aromatic nitrogens is 4. The van der Waals surface area contributed by atoms with Gasteiger partial charge in [-0.3, -0.25) is 0 Å². The summed E-state index contributed by atoms with van der Waals surface area (Å²) in [7, 11) is 2.55. The lowest BCUT2D eigenvalue weighted by Crippen LogP contribution is -1.98. The van der Waals surface area contributed by atoms with E-state index in [1.54, 1.807) is 10.5 Å². The number of rotatable bonds is 1. The predicted octanol–water partition coefficient (Wildman–Crippen LogP) is 2.16. The van der Waals surface area contributed by atoms with Crippen LogP contribution in [0.2, 0.25) is 0 Å². The number of aryl methyl sites for hydroxylation is 1. The van der Waals surface area contributed by atoms with Crippen LogP contribution in [0.15, 0.2) is 24.7 Å². The molecule has 0 fully saturated rings. The van der Waals surface area contributed by atoms with E-state index in [9.17, 15) is 4.39 Å². The van der Waals surface area contributed by atoms with E-state index >= 15 is 0 Å². The van der Waals surface area contributed by atoms with Crippen LogP contribution < -0.4 is 5.73 Å². The summed E-state index contributed by atoms with van der Waals surface area (Å²) in [5.74, 6) is -0.388. The maximum absolute atomic E-state index is 13.1. The van der Waals surface area contributed by atoms with Gasteiger partial charge in [0.25, 0.3) is 0 Å². The molecule has 5 nitrogen and oxygen atoms in total. The molecule has 0 saturated heterocycles. The number of nitrogens with two attached hydrogens (primary N) is 1. The van der Waals surface area contributed by atoms with Gasteiger partial charge in [0.1, 0.15) is 5.65 Å². The smallest absolute Gasteiger partial charge is 0.183 e. The molecule has 3 aromatic rings. The Morgan fingerprint density at radius 2 is 2.11 bits per heavy atom. The van der Waals surface area contributed by atoms with Crippen molar-refractivity contribution in [3.63, 3.8) is 0 Å². The first-order chi connectivity index (χ1) is 9.06. The Balaban J connectivity index is 2.29. The third-order valence-electron chi connectivity index (χ3n) is 2.82. The number of hydrogen-bond donors (Lipinski definition) is 1. The Hall–Kier alpha value is -2.07. The monoisotopic (exact) mass is 275 g/mol. The Bertz CT molecular complexity index is 783. The summed E-state index contributed by atoms with van der Waals surface area (Å²) in [6.07, 6.45) is 4.69. The molecule has 96 valence electrons. The van der Waals surface area contributed by atoms with Crippen LogP contribution in [0.4, 0.5) is 10.2 Å². The minimum atomic E-state index is -0.618. The summed E-state index contributed by atoms with van der Waals surface area (Å²) in [4.78, 5) is 12.3. The molecular formula is C12H11FN5P. The van der Waals surface area contributed by atoms with E-state index in [0.717, 1.165) is 28.4 Å². The van der Waals surface area contributed by atoms with Crippen LogP contribution >= 0.6 is 9.39 Å². The van der Waals surface area contributed by atoms with E-state index < -0.39 is 5.82 Å². The lowest BCUT2D eigenvalue weighted by molar-refractivity contribution is 0.620. The first kappa shape index (κ1) is 12.0. The van der Waals surface area contributed by atoms with Crippen LogP contribution in [-0.4, -0.2) is 19.3 Å². The number of nitrogen functional groups attached to an aromatic ring is 1. The minimum absolute atomic E-state index is 0.157. The SMILES string of the molecule is Cc1cnc2c(c1)c(-c1ncc(F)c(N)n1)cn2P. The molecule has 0 saturated carbocycles. The minimum Gasteiger partial charge on any atom is -0.381 e. The van der Waals surface area contributed by atoms with E-state index in [1.807, 2.05) is 19.2 Å². The first-order valence-electron chi connectivity index (χ1n) is 5.57. The summed E-state index contributed by atoms with van der Waals surface area (Å²) in [5, 5.41) is 0.904. The fourth-order valence-corrected chi connectivity index (χ4v) is 2.28. The van der Waals surface area contributed by atoms with Gasteiger partial charge in [-0.25, -0.2) is 19.3 Å². The molecule has 0 aliphatic carbocycles. The van der Waals surface area contributed by atoms with Crippen LogP contribution in [-0.2, 0) is 0 Å². The molecule has 3 heterocycles. The van der Waals surface area contributed by atoms with Gasteiger partial charge in [-0.15, -0.1) is 0 Å². The van der Waals surface area contributed by atoms with Crippen molar-refractivity contribution in [2.75, 3.05) is 5.73 Å². The predicted molar refractivity (Wildman–Crippen MR) is 75.0 cm³/mol. The van der Waals surface area contributed by atoms with Crippen molar-refractivity contribution in [1.29, 1.82) is 0 Å². The summed E-state index contributed by atoms with van der Waals surface area (Å²) >= 11 is 0. The lowest BCUT2D eigenvalue weighted by Gasteiger charge is -2.00. The number of nitrogens with zero attached hydrogens (tertiary/aromatic N) is 4. The zero-order valence-corrected chi connectivity index (χ0v) is 11.3. The Morgan fingerprint density at radius 1 is 1.32 bits per heavy atom. The third kappa shape index (κ3) is 1.94. The molecule has 0 bridgehead atoms. The number of anilines is 1.